The number of hydrogen-bond acceptors (Lipinski definition) is 3. The van der Waals surface area contributed by atoms with E-state index in [0.29, 0.717) is 0 Å². The molecular weight excluding hydrogens is 320 g/mol. The SMILES string of the molecule is CC/C(=N\OC)c1cc(C)nc2c(-c3c(C)cc(C)cc3C)cccc12. The molecule has 1 aromatic heterocycles. The molecule has 0 N–H and O–H groups in total. The summed E-state index contributed by atoms with van der Waals surface area (Å²) >= 11 is 0. The van der Waals surface area contributed by atoms with Crippen molar-refractivity contribution in [3.8, 4) is 11.1 Å². The Hall–Kier alpha value is -2.68. The fraction of sp³-hybridized carbons (Fsp3) is 0.304. The first-order valence-electron chi connectivity index (χ1n) is 9.05. The Morgan fingerprint density at radius 2 is 1.73 bits per heavy atom. The number of fused-ring (bicyclic) bond motifs is 1. The average molecular weight is 346 g/mol. The Balaban J connectivity index is 2.38. The molecule has 0 bridgehead atoms. The lowest BCUT2D eigenvalue weighted by atomic mass is 9.90. The van der Waals surface area contributed by atoms with Crippen molar-refractivity contribution in [2.45, 2.75) is 41.0 Å². The van der Waals surface area contributed by atoms with E-state index in [2.05, 4.69) is 69.2 Å². The van der Waals surface area contributed by atoms with Crippen LogP contribution in [-0.2, 0) is 4.84 Å². The summed E-state index contributed by atoms with van der Waals surface area (Å²) in [6, 6.07) is 13.0. The molecule has 0 radical (unpaired) electrons. The summed E-state index contributed by atoms with van der Waals surface area (Å²) in [6.45, 7) is 10.6. The molecule has 0 unspecified atom stereocenters. The van der Waals surface area contributed by atoms with Gasteiger partial charge in [-0.25, -0.2) is 0 Å². The number of para-hydroxylation sites is 1. The Morgan fingerprint density at radius 1 is 1.04 bits per heavy atom. The molecule has 0 fully saturated rings. The van der Waals surface area contributed by atoms with Crippen molar-refractivity contribution in [3.05, 3.63) is 64.3 Å². The molecule has 134 valence electrons. The molecule has 0 saturated carbocycles. The molecule has 0 aliphatic carbocycles. The number of pyridine rings is 1. The minimum atomic E-state index is 0.805. The highest BCUT2D eigenvalue weighted by molar-refractivity contribution is 6.12. The van der Waals surface area contributed by atoms with Gasteiger partial charge in [-0.1, -0.05) is 48.0 Å². The lowest BCUT2D eigenvalue weighted by Gasteiger charge is -2.16. The number of rotatable bonds is 4. The van der Waals surface area contributed by atoms with E-state index in [1.54, 1.807) is 7.11 Å². The van der Waals surface area contributed by atoms with E-state index in [0.717, 1.165) is 34.3 Å². The van der Waals surface area contributed by atoms with Crippen LogP contribution in [0, 0.1) is 27.7 Å². The number of oxime groups is 1. The van der Waals surface area contributed by atoms with E-state index in [1.165, 1.54) is 27.8 Å². The summed E-state index contributed by atoms with van der Waals surface area (Å²) in [5.41, 5.74) is 10.3. The predicted molar refractivity (Wildman–Crippen MR) is 110 cm³/mol. The maximum Gasteiger partial charge on any atom is 0.106 e. The van der Waals surface area contributed by atoms with Gasteiger partial charge in [0.1, 0.15) is 7.11 Å². The van der Waals surface area contributed by atoms with Gasteiger partial charge >= 0.3 is 0 Å². The molecule has 0 atom stereocenters. The van der Waals surface area contributed by atoms with Crippen LogP contribution in [0.25, 0.3) is 22.0 Å². The van der Waals surface area contributed by atoms with Crippen molar-refractivity contribution < 1.29 is 4.84 Å². The van der Waals surface area contributed by atoms with Crippen LogP contribution in [0.3, 0.4) is 0 Å². The minimum Gasteiger partial charge on any atom is -0.399 e. The zero-order chi connectivity index (χ0) is 18.8. The van der Waals surface area contributed by atoms with Gasteiger partial charge in [-0.15, -0.1) is 0 Å². The van der Waals surface area contributed by atoms with Gasteiger partial charge in [-0.05, 0) is 56.9 Å². The first kappa shape index (κ1) is 18.1. The van der Waals surface area contributed by atoms with Gasteiger partial charge in [0, 0.05) is 22.2 Å². The largest absolute Gasteiger partial charge is 0.399 e. The lowest BCUT2D eigenvalue weighted by Crippen LogP contribution is -2.04. The Labute approximate surface area is 155 Å². The second kappa shape index (κ2) is 7.28. The molecule has 0 aliphatic rings. The fourth-order valence-corrected chi connectivity index (χ4v) is 3.84. The normalized spacial score (nSPS) is 11.8. The topological polar surface area (TPSA) is 34.5 Å². The van der Waals surface area contributed by atoms with Crippen molar-refractivity contribution in [3.63, 3.8) is 0 Å². The highest BCUT2D eigenvalue weighted by atomic mass is 16.6. The molecule has 0 saturated heterocycles. The monoisotopic (exact) mass is 346 g/mol. The third kappa shape index (κ3) is 3.22. The summed E-state index contributed by atoms with van der Waals surface area (Å²) < 4.78 is 0. The molecule has 3 nitrogen and oxygen atoms in total. The second-order valence-corrected chi connectivity index (χ2v) is 6.86. The number of nitrogens with zero attached hydrogens (tertiary/aromatic N) is 2. The lowest BCUT2D eigenvalue weighted by molar-refractivity contribution is 0.213. The zero-order valence-corrected chi connectivity index (χ0v) is 16.5. The summed E-state index contributed by atoms with van der Waals surface area (Å²) in [7, 11) is 1.59. The molecule has 1 heterocycles. The molecule has 3 rings (SSSR count). The van der Waals surface area contributed by atoms with E-state index < -0.39 is 0 Å². The number of aromatic nitrogens is 1. The second-order valence-electron chi connectivity index (χ2n) is 6.86. The third-order valence-electron chi connectivity index (χ3n) is 4.76. The highest BCUT2D eigenvalue weighted by Crippen LogP contribution is 2.34. The van der Waals surface area contributed by atoms with Crippen molar-refractivity contribution >= 4 is 16.6 Å². The Kier molecular flexibility index (Phi) is 5.08. The van der Waals surface area contributed by atoms with Crippen molar-refractivity contribution in [1.29, 1.82) is 0 Å². The fourth-order valence-electron chi connectivity index (χ4n) is 3.84. The molecule has 3 heteroatoms. The van der Waals surface area contributed by atoms with Crippen LogP contribution in [0.15, 0.2) is 41.6 Å². The van der Waals surface area contributed by atoms with Crippen LogP contribution >= 0.6 is 0 Å². The average Bonchev–Trinajstić information content (AvgIpc) is 2.58. The van der Waals surface area contributed by atoms with E-state index in [4.69, 9.17) is 9.82 Å². The summed E-state index contributed by atoms with van der Waals surface area (Å²) in [6.07, 6.45) is 0.805. The van der Waals surface area contributed by atoms with Crippen molar-refractivity contribution in [2.75, 3.05) is 7.11 Å². The van der Waals surface area contributed by atoms with Crippen LogP contribution in [0.1, 0.15) is 41.3 Å². The van der Waals surface area contributed by atoms with E-state index >= 15 is 0 Å². The Bertz CT molecular complexity index is 980. The smallest absolute Gasteiger partial charge is 0.106 e. The summed E-state index contributed by atoms with van der Waals surface area (Å²) in [5.74, 6) is 0. The number of hydrogen-bond donors (Lipinski definition) is 0. The maximum atomic E-state index is 5.07. The highest BCUT2D eigenvalue weighted by Gasteiger charge is 2.15. The molecule has 26 heavy (non-hydrogen) atoms. The van der Waals surface area contributed by atoms with Crippen molar-refractivity contribution in [2.24, 2.45) is 5.16 Å². The Morgan fingerprint density at radius 3 is 2.35 bits per heavy atom. The van der Waals surface area contributed by atoms with Crippen LogP contribution in [0.5, 0.6) is 0 Å². The molecule has 2 aromatic carbocycles. The zero-order valence-electron chi connectivity index (χ0n) is 16.5. The number of benzene rings is 2. The van der Waals surface area contributed by atoms with Gasteiger partial charge in [-0.3, -0.25) is 4.98 Å². The van der Waals surface area contributed by atoms with Crippen LogP contribution in [-0.4, -0.2) is 17.8 Å². The van der Waals surface area contributed by atoms with Gasteiger partial charge in [0.25, 0.3) is 0 Å². The van der Waals surface area contributed by atoms with Crippen LogP contribution in [0.4, 0.5) is 0 Å². The molecular formula is C23H26N2O. The molecule has 0 amide bonds. The van der Waals surface area contributed by atoms with Gasteiger partial charge in [0.05, 0.1) is 11.2 Å². The first-order valence-corrected chi connectivity index (χ1v) is 9.05. The predicted octanol–water partition coefficient (Wildman–Crippen LogP) is 5.90. The molecule has 0 spiro atoms. The van der Waals surface area contributed by atoms with E-state index in [9.17, 15) is 0 Å². The van der Waals surface area contributed by atoms with Crippen LogP contribution < -0.4 is 0 Å². The van der Waals surface area contributed by atoms with Crippen molar-refractivity contribution in [1.82, 2.24) is 4.98 Å². The van der Waals surface area contributed by atoms with Gasteiger partial charge in [-0.2, -0.15) is 0 Å². The van der Waals surface area contributed by atoms with E-state index in [-0.39, 0.29) is 0 Å². The van der Waals surface area contributed by atoms with E-state index in [1.807, 2.05) is 6.92 Å². The van der Waals surface area contributed by atoms with Crippen LogP contribution in [0.2, 0.25) is 0 Å². The molecule has 0 aliphatic heterocycles. The quantitative estimate of drug-likeness (QED) is 0.435. The van der Waals surface area contributed by atoms with Gasteiger partial charge < -0.3 is 4.84 Å². The summed E-state index contributed by atoms with van der Waals surface area (Å²) in [4.78, 5) is 9.97. The number of aryl methyl sites for hydroxylation is 4. The first-order chi connectivity index (χ1) is 12.5. The minimum absolute atomic E-state index is 0.805. The third-order valence-corrected chi connectivity index (χ3v) is 4.76. The standard InChI is InChI=1S/C23H26N2O/c1-7-21(25-26-6)20-13-17(5)24-23-18(20)9-8-10-19(23)22-15(3)11-14(2)12-16(22)4/h8-13H,7H2,1-6H3/b25-21+. The van der Waals surface area contributed by atoms with Gasteiger partial charge in [0.15, 0.2) is 0 Å². The maximum absolute atomic E-state index is 5.07. The molecule has 3 aromatic rings. The summed E-state index contributed by atoms with van der Waals surface area (Å²) in [5, 5.41) is 5.36. The van der Waals surface area contributed by atoms with Gasteiger partial charge in [0.2, 0.25) is 0 Å².